The van der Waals surface area contributed by atoms with Crippen molar-refractivity contribution in [1.82, 2.24) is 9.97 Å². The van der Waals surface area contributed by atoms with Crippen LogP contribution in [0.15, 0.2) is 0 Å². The van der Waals surface area contributed by atoms with E-state index >= 15 is 0 Å². The van der Waals surface area contributed by atoms with Gasteiger partial charge in [0.25, 0.3) is 0 Å². The maximum atomic E-state index is 5.93. The SMILES string of the molecule is CCc1nc(N)c(C)c(NC2CCC(C)(C)C2)n1. The molecule has 1 atom stereocenters. The molecule has 1 unspecified atom stereocenters. The minimum Gasteiger partial charge on any atom is -0.383 e. The van der Waals surface area contributed by atoms with Crippen LogP contribution in [0.3, 0.4) is 0 Å². The van der Waals surface area contributed by atoms with E-state index in [1.54, 1.807) is 0 Å². The van der Waals surface area contributed by atoms with E-state index in [4.69, 9.17) is 5.73 Å². The van der Waals surface area contributed by atoms with Crippen LogP contribution >= 0.6 is 0 Å². The van der Waals surface area contributed by atoms with Gasteiger partial charge < -0.3 is 11.1 Å². The molecule has 3 N–H and O–H groups in total. The third-order valence-electron chi connectivity index (χ3n) is 3.86. The van der Waals surface area contributed by atoms with Crippen LogP contribution in [0.4, 0.5) is 11.6 Å². The second-order valence-electron chi connectivity index (χ2n) is 6.10. The zero-order valence-electron chi connectivity index (χ0n) is 11.9. The molecule has 0 radical (unpaired) electrons. The van der Waals surface area contributed by atoms with Crippen LogP contribution in [0.1, 0.15) is 51.4 Å². The molecule has 1 heterocycles. The molecule has 1 saturated carbocycles. The topological polar surface area (TPSA) is 63.8 Å². The van der Waals surface area contributed by atoms with Crippen molar-refractivity contribution in [3.8, 4) is 0 Å². The summed E-state index contributed by atoms with van der Waals surface area (Å²) in [5.74, 6) is 2.33. The first-order chi connectivity index (χ1) is 8.41. The number of aromatic nitrogens is 2. The highest BCUT2D eigenvalue weighted by Crippen LogP contribution is 2.38. The Morgan fingerprint density at radius 3 is 2.67 bits per heavy atom. The average Bonchev–Trinajstić information content (AvgIpc) is 2.64. The number of nitrogens with zero attached hydrogens (tertiary/aromatic N) is 2. The van der Waals surface area contributed by atoms with Gasteiger partial charge in [0.1, 0.15) is 17.5 Å². The molecule has 1 aromatic rings. The molecule has 4 nitrogen and oxygen atoms in total. The van der Waals surface area contributed by atoms with Crippen molar-refractivity contribution in [1.29, 1.82) is 0 Å². The third kappa shape index (κ3) is 2.74. The van der Waals surface area contributed by atoms with Gasteiger partial charge in [-0.05, 0) is 31.6 Å². The van der Waals surface area contributed by atoms with Gasteiger partial charge in [-0.15, -0.1) is 0 Å². The normalized spacial score (nSPS) is 22.1. The van der Waals surface area contributed by atoms with Crippen LogP contribution in [0.5, 0.6) is 0 Å². The van der Waals surface area contributed by atoms with Crippen molar-refractivity contribution in [2.45, 2.75) is 59.4 Å². The lowest BCUT2D eigenvalue weighted by Crippen LogP contribution is -2.20. The number of hydrogen-bond acceptors (Lipinski definition) is 4. The monoisotopic (exact) mass is 248 g/mol. The predicted molar refractivity (Wildman–Crippen MR) is 75.6 cm³/mol. The number of nitrogens with two attached hydrogens (primary N) is 1. The van der Waals surface area contributed by atoms with Crippen LogP contribution in [-0.4, -0.2) is 16.0 Å². The van der Waals surface area contributed by atoms with Crippen molar-refractivity contribution in [2.24, 2.45) is 5.41 Å². The fraction of sp³-hybridized carbons (Fsp3) is 0.714. The fourth-order valence-corrected chi connectivity index (χ4v) is 2.63. The summed E-state index contributed by atoms with van der Waals surface area (Å²) in [6, 6.07) is 0.512. The predicted octanol–water partition coefficient (Wildman–Crippen LogP) is 2.92. The number of nitrogen functional groups attached to an aromatic ring is 1. The number of hydrogen-bond donors (Lipinski definition) is 2. The van der Waals surface area contributed by atoms with Crippen molar-refractivity contribution in [2.75, 3.05) is 11.1 Å². The quantitative estimate of drug-likeness (QED) is 0.863. The molecule has 4 heteroatoms. The molecule has 1 aliphatic carbocycles. The molecule has 0 saturated heterocycles. The van der Waals surface area contributed by atoms with E-state index in [2.05, 4.69) is 29.1 Å². The third-order valence-corrected chi connectivity index (χ3v) is 3.86. The summed E-state index contributed by atoms with van der Waals surface area (Å²) in [4.78, 5) is 8.84. The molecule has 1 aromatic heterocycles. The first-order valence-corrected chi connectivity index (χ1v) is 6.81. The minimum atomic E-state index is 0.442. The number of anilines is 2. The Kier molecular flexibility index (Phi) is 3.46. The van der Waals surface area contributed by atoms with E-state index in [1.807, 2.05) is 13.8 Å². The largest absolute Gasteiger partial charge is 0.383 e. The molecule has 0 aromatic carbocycles. The van der Waals surface area contributed by atoms with E-state index in [9.17, 15) is 0 Å². The van der Waals surface area contributed by atoms with E-state index in [0.29, 0.717) is 17.3 Å². The highest BCUT2D eigenvalue weighted by Gasteiger charge is 2.31. The molecule has 1 fully saturated rings. The lowest BCUT2D eigenvalue weighted by molar-refractivity contribution is 0.378. The van der Waals surface area contributed by atoms with Gasteiger partial charge in [-0.25, -0.2) is 9.97 Å². The van der Waals surface area contributed by atoms with E-state index < -0.39 is 0 Å². The van der Waals surface area contributed by atoms with Gasteiger partial charge >= 0.3 is 0 Å². The molecule has 2 rings (SSSR count). The Bertz CT molecular complexity index is 440. The molecular weight excluding hydrogens is 224 g/mol. The summed E-state index contributed by atoms with van der Waals surface area (Å²) < 4.78 is 0. The smallest absolute Gasteiger partial charge is 0.134 e. The van der Waals surface area contributed by atoms with E-state index in [1.165, 1.54) is 19.3 Å². The number of nitrogens with one attached hydrogen (secondary N) is 1. The van der Waals surface area contributed by atoms with Crippen LogP contribution in [-0.2, 0) is 6.42 Å². The molecule has 0 bridgehead atoms. The van der Waals surface area contributed by atoms with Crippen LogP contribution in [0, 0.1) is 12.3 Å². The van der Waals surface area contributed by atoms with Gasteiger partial charge in [0.15, 0.2) is 0 Å². The lowest BCUT2D eigenvalue weighted by atomic mass is 9.92. The van der Waals surface area contributed by atoms with Gasteiger partial charge in [0.2, 0.25) is 0 Å². The van der Waals surface area contributed by atoms with Crippen molar-refractivity contribution < 1.29 is 0 Å². The zero-order valence-corrected chi connectivity index (χ0v) is 11.9. The molecule has 0 spiro atoms. The average molecular weight is 248 g/mol. The van der Waals surface area contributed by atoms with Crippen molar-refractivity contribution in [3.05, 3.63) is 11.4 Å². The Labute approximate surface area is 109 Å². The van der Waals surface area contributed by atoms with E-state index in [0.717, 1.165) is 23.6 Å². The van der Waals surface area contributed by atoms with Crippen LogP contribution in [0.25, 0.3) is 0 Å². The molecule has 18 heavy (non-hydrogen) atoms. The molecule has 0 aliphatic heterocycles. The summed E-state index contributed by atoms with van der Waals surface area (Å²) in [5.41, 5.74) is 7.35. The maximum Gasteiger partial charge on any atom is 0.134 e. The zero-order chi connectivity index (χ0) is 13.3. The second kappa shape index (κ2) is 4.75. The Morgan fingerprint density at radius 2 is 2.11 bits per heavy atom. The van der Waals surface area contributed by atoms with Crippen molar-refractivity contribution >= 4 is 11.6 Å². The second-order valence-corrected chi connectivity index (χ2v) is 6.10. The number of aryl methyl sites for hydroxylation is 1. The van der Waals surface area contributed by atoms with Gasteiger partial charge in [-0.3, -0.25) is 0 Å². The first-order valence-electron chi connectivity index (χ1n) is 6.81. The van der Waals surface area contributed by atoms with Gasteiger partial charge in [0.05, 0.1) is 0 Å². The van der Waals surface area contributed by atoms with Crippen LogP contribution < -0.4 is 11.1 Å². The molecule has 0 amide bonds. The summed E-state index contributed by atoms with van der Waals surface area (Å²) in [7, 11) is 0. The summed E-state index contributed by atoms with van der Waals surface area (Å²) >= 11 is 0. The summed E-state index contributed by atoms with van der Waals surface area (Å²) in [5, 5.41) is 3.55. The first kappa shape index (κ1) is 13.1. The number of rotatable bonds is 3. The standard InChI is InChI=1S/C14H24N4/c1-5-11-17-12(15)9(2)13(18-11)16-10-6-7-14(3,4)8-10/h10H,5-8H2,1-4H3,(H3,15,16,17,18). The molecular formula is C14H24N4. The summed E-state index contributed by atoms with van der Waals surface area (Å²) in [6.07, 6.45) is 4.48. The van der Waals surface area contributed by atoms with Crippen molar-refractivity contribution in [3.63, 3.8) is 0 Å². The Balaban J connectivity index is 2.16. The molecule has 1 aliphatic rings. The van der Waals surface area contributed by atoms with E-state index in [-0.39, 0.29) is 0 Å². The van der Waals surface area contributed by atoms with Gasteiger partial charge in [-0.2, -0.15) is 0 Å². The van der Waals surface area contributed by atoms with Gasteiger partial charge in [-0.1, -0.05) is 20.8 Å². The summed E-state index contributed by atoms with van der Waals surface area (Å²) in [6.45, 7) is 8.68. The molecule has 100 valence electrons. The Hall–Kier alpha value is -1.32. The lowest BCUT2D eigenvalue weighted by Gasteiger charge is -2.19. The van der Waals surface area contributed by atoms with Crippen LogP contribution in [0.2, 0.25) is 0 Å². The highest BCUT2D eigenvalue weighted by molar-refractivity contribution is 5.55. The fourth-order valence-electron chi connectivity index (χ4n) is 2.63. The Morgan fingerprint density at radius 1 is 1.39 bits per heavy atom. The van der Waals surface area contributed by atoms with Gasteiger partial charge in [0, 0.05) is 18.0 Å². The maximum absolute atomic E-state index is 5.93. The minimum absolute atomic E-state index is 0.442. The highest BCUT2D eigenvalue weighted by atomic mass is 15.1.